The van der Waals surface area contributed by atoms with Crippen molar-refractivity contribution in [2.45, 2.75) is 38.5 Å². The summed E-state index contributed by atoms with van der Waals surface area (Å²) in [5.74, 6) is 0.818. The Bertz CT molecular complexity index is 632. The molecule has 0 radical (unpaired) electrons. The first kappa shape index (κ1) is 16.8. The molecule has 5 heteroatoms. The maximum Gasteiger partial charge on any atom is 0.160 e. The van der Waals surface area contributed by atoms with Crippen LogP contribution in [-0.2, 0) is 11.8 Å². The molecule has 0 aliphatic heterocycles. The Morgan fingerprint density at radius 1 is 1.36 bits per heavy atom. The highest BCUT2D eigenvalue weighted by atomic mass is 32.1. The summed E-state index contributed by atoms with van der Waals surface area (Å²) in [5, 5.41) is 12.9. The lowest BCUT2D eigenvalue weighted by Gasteiger charge is -2.16. The molecule has 0 saturated carbocycles. The van der Waals surface area contributed by atoms with E-state index in [1.807, 2.05) is 12.1 Å². The van der Waals surface area contributed by atoms with E-state index in [9.17, 15) is 5.11 Å². The molecule has 2 aromatic rings. The van der Waals surface area contributed by atoms with Gasteiger partial charge in [-0.3, -0.25) is 0 Å². The number of aromatic hydroxyl groups is 1. The van der Waals surface area contributed by atoms with Crippen molar-refractivity contribution in [3.05, 3.63) is 39.8 Å². The molecule has 3 N–H and O–H groups in total. The fourth-order valence-electron chi connectivity index (χ4n) is 2.22. The van der Waals surface area contributed by atoms with Crippen molar-refractivity contribution in [1.29, 1.82) is 0 Å². The van der Waals surface area contributed by atoms with E-state index < -0.39 is 0 Å². The molecule has 120 valence electrons. The van der Waals surface area contributed by atoms with Gasteiger partial charge in [0, 0.05) is 23.3 Å². The Morgan fingerprint density at radius 3 is 2.64 bits per heavy atom. The van der Waals surface area contributed by atoms with Gasteiger partial charge in [-0.15, -0.1) is 11.3 Å². The summed E-state index contributed by atoms with van der Waals surface area (Å²) < 4.78 is 5.16. The van der Waals surface area contributed by atoms with E-state index in [0.29, 0.717) is 12.3 Å². The second kappa shape index (κ2) is 6.67. The predicted molar refractivity (Wildman–Crippen MR) is 91.0 cm³/mol. The van der Waals surface area contributed by atoms with Gasteiger partial charge in [-0.05, 0) is 24.1 Å². The fraction of sp³-hybridized carbons (Fsp3) is 0.471. The SMILES string of the molecule is COc1cc(CC(CN)c2nc(C(C)(C)C)cs2)ccc1O. The third-order valence-corrected chi connectivity index (χ3v) is 4.66. The van der Waals surface area contributed by atoms with Crippen molar-refractivity contribution in [2.75, 3.05) is 13.7 Å². The molecular formula is C17H24N2O2S. The highest BCUT2D eigenvalue weighted by molar-refractivity contribution is 7.09. The number of nitrogens with two attached hydrogens (primary N) is 1. The molecule has 4 nitrogen and oxygen atoms in total. The number of phenolic OH excluding ortho intramolecular Hbond substituents is 1. The number of hydrogen-bond acceptors (Lipinski definition) is 5. The Labute approximate surface area is 136 Å². The number of rotatable bonds is 5. The Balaban J connectivity index is 2.20. The number of phenols is 1. The van der Waals surface area contributed by atoms with Crippen LogP contribution in [0.15, 0.2) is 23.6 Å². The van der Waals surface area contributed by atoms with Crippen molar-refractivity contribution < 1.29 is 9.84 Å². The minimum absolute atomic E-state index is 0.0512. The summed E-state index contributed by atoms with van der Waals surface area (Å²) in [5.41, 5.74) is 8.20. The molecule has 1 heterocycles. The van der Waals surface area contributed by atoms with Crippen molar-refractivity contribution in [1.82, 2.24) is 4.98 Å². The predicted octanol–water partition coefficient (Wildman–Crippen LogP) is 3.44. The van der Waals surface area contributed by atoms with Gasteiger partial charge in [0.15, 0.2) is 11.5 Å². The van der Waals surface area contributed by atoms with Crippen LogP contribution in [0.5, 0.6) is 11.5 Å². The molecule has 0 aliphatic carbocycles. The minimum Gasteiger partial charge on any atom is -0.504 e. The Hall–Kier alpha value is -1.59. The second-order valence-corrected chi connectivity index (χ2v) is 7.35. The molecule has 0 aliphatic rings. The Morgan fingerprint density at radius 2 is 2.09 bits per heavy atom. The molecule has 2 rings (SSSR count). The van der Waals surface area contributed by atoms with E-state index in [1.165, 1.54) is 0 Å². The van der Waals surface area contributed by atoms with Crippen LogP contribution < -0.4 is 10.5 Å². The van der Waals surface area contributed by atoms with Gasteiger partial charge in [-0.2, -0.15) is 0 Å². The lowest BCUT2D eigenvalue weighted by molar-refractivity contribution is 0.373. The standard InChI is InChI=1S/C17H24N2O2S/c1-17(2,3)15-10-22-16(19-15)12(9-18)7-11-5-6-13(20)14(8-11)21-4/h5-6,8,10,12,20H,7,9,18H2,1-4H3. The second-order valence-electron chi connectivity index (χ2n) is 6.46. The lowest BCUT2D eigenvalue weighted by atomic mass is 9.93. The number of nitrogens with zero attached hydrogens (tertiary/aromatic N) is 1. The monoisotopic (exact) mass is 320 g/mol. The number of ether oxygens (including phenoxy) is 1. The van der Waals surface area contributed by atoms with Gasteiger partial charge in [0.25, 0.3) is 0 Å². The minimum atomic E-state index is 0.0512. The van der Waals surface area contributed by atoms with Crippen molar-refractivity contribution in [2.24, 2.45) is 5.73 Å². The number of hydrogen-bond donors (Lipinski definition) is 2. The van der Waals surface area contributed by atoms with E-state index in [4.69, 9.17) is 15.5 Å². The number of thiazole rings is 1. The molecule has 1 atom stereocenters. The molecule has 0 fully saturated rings. The van der Waals surface area contributed by atoms with E-state index in [-0.39, 0.29) is 17.1 Å². The molecule has 0 bridgehead atoms. The summed E-state index contributed by atoms with van der Waals surface area (Å²) in [4.78, 5) is 4.77. The van der Waals surface area contributed by atoms with E-state index in [0.717, 1.165) is 22.7 Å². The summed E-state index contributed by atoms with van der Waals surface area (Å²) in [6, 6.07) is 5.42. The molecular weight excluding hydrogens is 296 g/mol. The Kier molecular flexibility index (Phi) is 5.08. The molecule has 22 heavy (non-hydrogen) atoms. The average molecular weight is 320 g/mol. The van der Waals surface area contributed by atoms with Crippen molar-refractivity contribution in [3.8, 4) is 11.5 Å². The molecule has 1 aromatic heterocycles. The fourth-order valence-corrected chi connectivity index (χ4v) is 3.39. The first-order valence-corrected chi connectivity index (χ1v) is 8.25. The van der Waals surface area contributed by atoms with Crippen LogP contribution >= 0.6 is 11.3 Å². The van der Waals surface area contributed by atoms with Gasteiger partial charge >= 0.3 is 0 Å². The number of aromatic nitrogens is 1. The average Bonchev–Trinajstić information content (AvgIpc) is 2.96. The summed E-state index contributed by atoms with van der Waals surface area (Å²) in [6.07, 6.45) is 0.782. The van der Waals surface area contributed by atoms with Crippen LogP contribution in [0.1, 0.15) is 43.0 Å². The molecule has 0 amide bonds. The van der Waals surface area contributed by atoms with Crippen LogP contribution in [-0.4, -0.2) is 23.7 Å². The number of benzene rings is 1. The zero-order valence-electron chi connectivity index (χ0n) is 13.6. The van der Waals surface area contributed by atoms with Gasteiger partial charge in [0.2, 0.25) is 0 Å². The molecule has 1 unspecified atom stereocenters. The largest absolute Gasteiger partial charge is 0.504 e. The first-order chi connectivity index (χ1) is 10.3. The van der Waals surface area contributed by atoms with Crippen LogP contribution in [0.3, 0.4) is 0 Å². The van der Waals surface area contributed by atoms with Gasteiger partial charge in [0.1, 0.15) is 0 Å². The normalized spacial score (nSPS) is 13.1. The third kappa shape index (κ3) is 3.78. The summed E-state index contributed by atoms with van der Waals surface area (Å²) >= 11 is 1.67. The smallest absolute Gasteiger partial charge is 0.160 e. The summed E-state index contributed by atoms with van der Waals surface area (Å²) in [6.45, 7) is 7.02. The maximum absolute atomic E-state index is 9.68. The van der Waals surface area contributed by atoms with Gasteiger partial charge in [-0.25, -0.2) is 4.98 Å². The van der Waals surface area contributed by atoms with Gasteiger partial charge in [0.05, 0.1) is 17.8 Å². The molecule has 0 saturated heterocycles. The zero-order valence-corrected chi connectivity index (χ0v) is 14.4. The van der Waals surface area contributed by atoms with E-state index in [2.05, 4.69) is 26.2 Å². The highest BCUT2D eigenvalue weighted by Gasteiger charge is 2.21. The van der Waals surface area contributed by atoms with E-state index in [1.54, 1.807) is 24.5 Å². The maximum atomic E-state index is 9.68. The van der Waals surface area contributed by atoms with E-state index >= 15 is 0 Å². The quantitative estimate of drug-likeness (QED) is 0.885. The van der Waals surface area contributed by atoms with Crippen LogP contribution in [0.4, 0.5) is 0 Å². The third-order valence-electron chi connectivity index (χ3n) is 3.65. The zero-order chi connectivity index (χ0) is 16.3. The topological polar surface area (TPSA) is 68.4 Å². The highest BCUT2D eigenvalue weighted by Crippen LogP contribution is 2.31. The first-order valence-electron chi connectivity index (χ1n) is 7.37. The van der Waals surface area contributed by atoms with Gasteiger partial charge < -0.3 is 15.6 Å². The number of methoxy groups -OCH3 is 1. The molecule has 1 aromatic carbocycles. The molecule has 0 spiro atoms. The van der Waals surface area contributed by atoms with Crippen LogP contribution in [0.25, 0.3) is 0 Å². The van der Waals surface area contributed by atoms with Gasteiger partial charge in [-0.1, -0.05) is 26.8 Å². The lowest BCUT2D eigenvalue weighted by Crippen LogP contribution is -2.16. The van der Waals surface area contributed by atoms with Crippen molar-refractivity contribution in [3.63, 3.8) is 0 Å². The van der Waals surface area contributed by atoms with Crippen LogP contribution in [0.2, 0.25) is 0 Å². The van der Waals surface area contributed by atoms with Crippen LogP contribution in [0, 0.1) is 0 Å². The van der Waals surface area contributed by atoms with Crippen molar-refractivity contribution >= 4 is 11.3 Å². The summed E-state index contributed by atoms with van der Waals surface area (Å²) in [7, 11) is 1.55.